The highest BCUT2D eigenvalue weighted by Gasteiger charge is 2.33. The molecule has 0 radical (unpaired) electrons. The molecule has 0 bridgehead atoms. The molecule has 0 amide bonds. The van der Waals surface area contributed by atoms with E-state index >= 15 is 0 Å². The SMILES string of the molecule is NCC(O)(C1=COCCC1)c1ccccc1. The van der Waals surface area contributed by atoms with Gasteiger partial charge in [0.2, 0.25) is 0 Å². The molecule has 0 fully saturated rings. The summed E-state index contributed by atoms with van der Waals surface area (Å²) in [6, 6.07) is 9.51. The molecule has 1 unspecified atom stereocenters. The highest BCUT2D eigenvalue weighted by atomic mass is 16.5. The molecule has 1 aromatic carbocycles. The van der Waals surface area contributed by atoms with Crippen molar-refractivity contribution in [1.82, 2.24) is 0 Å². The van der Waals surface area contributed by atoms with Crippen LogP contribution >= 0.6 is 0 Å². The molecule has 1 atom stereocenters. The maximum absolute atomic E-state index is 10.6. The van der Waals surface area contributed by atoms with Crippen LogP contribution in [-0.2, 0) is 10.3 Å². The lowest BCUT2D eigenvalue weighted by molar-refractivity contribution is 0.0682. The van der Waals surface area contributed by atoms with Crippen LogP contribution in [0.5, 0.6) is 0 Å². The first-order chi connectivity index (χ1) is 7.77. The summed E-state index contributed by atoms with van der Waals surface area (Å²) in [5.74, 6) is 0. The van der Waals surface area contributed by atoms with Crippen molar-refractivity contribution < 1.29 is 9.84 Å². The van der Waals surface area contributed by atoms with Crippen molar-refractivity contribution >= 4 is 0 Å². The number of hydrogen-bond acceptors (Lipinski definition) is 3. The standard InChI is InChI=1S/C13H17NO2/c14-10-13(15,11-5-2-1-3-6-11)12-7-4-8-16-9-12/h1-3,5-6,9,15H,4,7-8,10,14H2. The normalized spacial score (nSPS) is 19.5. The minimum Gasteiger partial charge on any atom is -0.501 e. The maximum Gasteiger partial charge on any atom is 0.126 e. The zero-order valence-corrected chi connectivity index (χ0v) is 9.23. The summed E-state index contributed by atoms with van der Waals surface area (Å²) in [6.07, 6.45) is 3.42. The van der Waals surface area contributed by atoms with Gasteiger partial charge in [-0.2, -0.15) is 0 Å². The van der Waals surface area contributed by atoms with E-state index in [1.807, 2.05) is 30.3 Å². The number of ether oxygens (including phenoxy) is 1. The van der Waals surface area contributed by atoms with Gasteiger partial charge in [0.25, 0.3) is 0 Å². The molecule has 16 heavy (non-hydrogen) atoms. The molecular weight excluding hydrogens is 202 g/mol. The van der Waals surface area contributed by atoms with E-state index in [9.17, 15) is 5.11 Å². The van der Waals surface area contributed by atoms with Crippen LogP contribution in [0.25, 0.3) is 0 Å². The monoisotopic (exact) mass is 219 g/mol. The first-order valence-corrected chi connectivity index (χ1v) is 5.56. The third-order valence-electron chi connectivity index (χ3n) is 3.01. The highest BCUT2D eigenvalue weighted by Crippen LogP contribution is 2.32. The van der Waals surface area contributed by atoms with E-state index in [0.717, 1.165) is 30.6 Å². The van der Waals surface area contributed by atoms with Gasteiger partial charge < -0.3 is 15.6 Å². The lowest BCUT2D eigenvalue weighted by Crippen LogP contribution is -2.37. The third kappa shape index (κ3) is 1.96. The lowest BCUT2D eigenvalue weighted by atomic mass is 9.84. The van der Waals surface area contributed by atoms with Gasteiger partial charge in [0.15, 0.2) is 0 Å². The fourth-order valence-corrected chi connectivity index (χ4v) is 2.02. The number of benzene rings is 1. The Morgan fingerprint density at radius 3 is 2.62 bits per heavy atom. The molecule has 0 spiro atoms. The van der Waals surface area contributed by atoms with Crippen LogP contribution in [0, 0.1) is 0 Å². The average Bonchev–Trinajstić information content (AvgIpc) is 2.40. The van der Waals surface area contributed by atoms with Crippen molar-refractivity contribution in [3.8, 4) is 0 Å². The molecule has 0 saturated carbocycles. The van der Waals surface area contributed by atoms with Crippen LogP contribution in [0.1, 0.15) is 18.4 Å². The molecule has 2 rings (SSSR count). The predicted molar refractivity (Wildman–Crippen MR) is 62.7 cm³/mol. The first kappa shape index (κ1) is 11.2. The van der Waals surface area contributed by atoms with Crippen molar-refractivity contribution in [2.24, 2.45) is 5.73 Å². The molecule has 1 aliphatic heterocycles. The number of hydrogen-bond donors (Lipinski definition) is 2. The zero-order chi connectivity index (χ0) is 11.4. The number of rotatable bonds is 3. The van der Waals surface area contributed by atoms with Crippen LogP contribution in [0.2, 0.25) is 0 Å². The van der Waals surface area contributed by atoms with Crippen LogP contribution in [0.15, 0.2) is 42.2 Å². The second-order valence-corrected chi connectivity index (χ2v) is 4.05. The molecular formula is C13H17NO2. The predicted octanol–water partition coefficient (Wildman–Crippen LogP) is 1.53. The third-order valence-corrected chi connectivity index (χ3v) is 3.01. The molecule has 86 valence electrons. The van der Waals surface area contributed by atoms with Crippen LogP contribution in [0.4, 0.5) is 0 Å². The van der Waals surface area contributed by atoms with Crippen LogP contribution in [-0.4, -0.2) is 18.3 Å². The zero-order valence-electron chi connectivity index (χ0n) is 9.23. The molecule has 3 nitrogen and oxygen atoms in total. The smallest absolute Gasteiger partial charge is 0.126 e. The minimum atomic E-state index is -1.08. The van der Waals surface area contributed by atoms with Gasteiger partial charge in [0, 0.05) is 12.1 Å². The summed E-state index contributed by atoms with van der Waals surface area (Å²) >= 11 is 0. The highest BCUT2D eigenvalue weighted by molar-refractivity contribution is 5.33. The Kier molecular flexibility index (Phi) is 3.27. The van der Waals surface area contributed by atoms with E-state index in [1.165, 1.54) is 0 Å². The summed E-state index contributed by atoms with van der Waals surface area (Å²) in [5, 5.41) is 10.6. The van der Waals surface area contributed by atoms with Gasteiger partial charge in [-0.3, -0.25) is 0 Å². The summed E-state index contributed by atoms with van der Waals surface area (Å²) in [5.41, 5.74) is 6.34. The van der Waals surface area contributed by atoms with Gasteiger partial charge in [0.05, 0.1) is 12.9 Å². The Morgan fingerprint density at radius 1 is 1.31 bits per heavy atom. The van der Waals surface area contributed by atoms with Crippen molar-refractivity contribution in [3.63, 3.8) is 0 Å². The van der Waals surface area contributed by atoms with Crippen molar-refractivity contribution in [1.29, 1.82) is 0 Å². The van der Waals surface area contributed by atoms with Gasteiger partial charge in [0.1, 0.15) is 5.60 Å². The Balaban J connectivity index is 2.35. The van der Waals surface area contributed by atoms with Crippen molar-refractivity contribution in [2.75, 3.05) is 13.2 Å². The molecule has 0 saturated heterocycles. The summed E-state index contributed by atoms with van der Waals surface area (Å²) in [4.78, 5) is 0. The van der Waals surface area contributed by atoms with E-state index < -0.39 is 5.60 Å². The Labute approximate surface area is 95.5 Å². The van der Waals surface area contributed by atoms with Gasteiger partial charge in [-0.05, 0) is 18.4 Å². The Bertz CT molecular complexity index is 375. The van der Waals surface area contributed by atoms with E-state index in [2.05, 4.69) is 0 Å². The molecule has 1 heterocycles. The van der Waals surface area contributed by atoms with Gasteiger partial charge >= 0.3 is 0 Å². The molecule has 1 aromatic rings. The summed E-state index contributed by atoms with van der Waals surface area (Å²) in [7, 11) is 0. The molecule has 0 aliphatic carbocycles. The Hall–Kier alpha value is -1.32. The lowest BCUT2D eigenvalue weighted by Gasteiger charge is -2.31. The first-order valence-electron chi connectivity index (χ1n) is 5.56. The van der Waals surface area contributed by atoms with E-state index in [-0.39, 0.29) is 6.54 Å². The van der Waals surface area contributed by atoms with Gasteiger partial charge in [-0.15, -0.1) is 0 Å². The fraction of sp³-hybridized carbons (Fsp3) is 0.385. The second kappa shape index (κ2) is 4.68. The van der Waals surface area contributed by atoms with E-state index in [1.54, 1.807) is 6.26 Å². The Morgan fingerprint density at radius 2 is 2.06 bits per heavy atom. The van der Waals surface area contributed by atoms with Crippen molar-refractivity contribution in [3.05, 3.63) is 47.7 Å². The topological polar surface area (TPSA) is 55.5 Å². The largest absolute Gasteiger partial charge is 0.501 e. The number of nitrogens with two attached hydrogens (primary N) is 1. The molecule has 3 N–H and O–H groups in total. The summed E-state index contributed by atoms with van der Waals surface area (Å²) in [6.45, 7) is 0.894. The number of aliphatic hydroxyl groups is 1. The quantitative estimate of drug-likeness (QED) is 0.810. The second-order valence-electron chi connectivity index (χ2n) is 4.05. The van der Waals surface area contributed by atoms with Crippen LogP contribution < -0.4 is 5.73 Å². The van der Waals surface area contributed by atoms with Crippen LogP contribution in [0.3, 0.4) is 0 Å². The molecule has 3 heteroatoms. The van der Waals surface area contributed by atoms with E-state index in [4.69, 9.17) is 10.5 Å². The average molecular weight is 219 g/mol. The van der Waals surface area contributed by atoms with Gasteiger partial charge in [-0.1, -0.05) is 30.3 Å². The summed E-state index contributed by atoms with van der Waals surface area (Å²) < 4.78 is 5.27. The maximum atomic E-state index is 10.6. The van der Waals surface area contributed by atoms with Crippen molar-refractivity contribution in [2.45, 2.75) is 18.4 Å². The van der Waals surface area contributed by atoms with E-state index in [0.29, 0.717) is 0 Å². The molecule has 0 aromatic heterocycles. The van der Waals surface area contributed by atoms with Gasteiger partial charge in [-0.25, -0.2) is 0 Å². The minimum absolute atomic E-state index is 0.173. The molecule has 1 aliphatic rings. The fourth-order valence-electron chi connectivity index (χ4n) is 2.02.